The molecule has 39 heavy (non-hydrogen) atoms. The Bertz CT molecular complexity index is 1550. The highest BCUT2D eigenvalue weighted by molar-refractivity contribution is 6.32. The molecule has 0 saturated carbocycles. The van der Waals surface area contributed by atoms with Gasteiger partial charge < -0.3 is 14.8 Å². The number of halogens is 2. The summed E-state index contributed by atoms with van der Waals surface area (Å²) in [6.07, 6.45) is 7.49. The molecule has 0 radical (unpaired) electrons. The number of hydrogen-bond acceptors (Lipinski definition) is 4. The van der Waals surface area contributed by atoms with Crippen molar-refractivity contribution >= 4 is 29.2 Å². The Balaban J connectivity index is 1.17. The number of hydrogen-bond donors (Lipinski definition) is 1. The molecule has 6 heteroatoms. The zero-order valence-corrected chi connectivity index (χ0v) is 22.2. The Morgan fingerprint density at radius 2 is 1.87 bits per heavy atom. The van der Waals surface area contributed by atoms with Crippen LogP contribution in [0, 0.1) is 11.7 Å². The lowest BCUT2D eigenvalue weighted by Gasteiger charge is -2.37. The number of para-hydroxylation sites is 1. The van der Waals surface area contributed by atoms with Gasteiger partial charge in [0.05, 0.1) is 23.9 Å². The van der Waals surface area contributed by atoms with Crippen LogP contribution in [-0.4, -0.2) is 13.3 Å². The lowest BCUT2D eigenvalue weighted by Crippen LogP contribution is -2.28. The smallest absolute Gasteiger partial charge is 0.180 e. The summed E-state index contributed by atoms with van der Waals surface area (Å²) >= 11 is 6.53. The minimum atomic E-state index is -0.311. The lowest BCUT2D eigenvalue weighted by molar-refractivity contribution is 0.284. The predicted molar refractivity (Wildman–Crippen MR) is 155 cm³/mol. The standard InChI is InChI=1S/C33H28ClFN2O2/c1-38-31-18-22(17-29(34)33(31)39-20-21-6-4-7-24(35)16-21)19-36-25-14-12-23(13-15-25)32-28-10-5-9-26(28)27-8-2-3-11-30(27)37-32/h2-9,11-19,26,28,32,37H,10,20H2,1H3/t26-,28+,32+/m1/s1. The molecule has 1 heterocycles. The van der Waals surface area contributed by atoms with Gasteiger partial charge in [0.1, 0.15) is 12.4 Å². The topological polar surface area (TPSA) is 42.8 Å². The van der Waals surface area contributed by atoms with Crippen LogP contribution in [0.4, 0.5) is 15.8 Å². The number of allylic oxidation sites excluding steroid dienone is 2. The number of benzene rings is 4. The molecular weight excluding hydrogens is 511 g/mol. The summed E-state index contributed by atoms with van der Waals surface area (Å²) in [5.41, 5.74) is 6.18. The molecule has 0 fully saturated rings. The van der Waals surface area contributed by atoms with Crippen LogP contribution >= 0.6 is 11.6 Å². The van der Waals surface area contributed by atoms with E-state index in [4.69, 9.17) is 21.1 Å². The van der Waals surface area contributed by atoms with Gasteiger partial charge in [-0.25, -0.2) is 4.39 Å². The van der Waals surface area contributed by atoms with E-state index in [1.54, 1.807) is 31.5 Å². The molecule has 1 aliphatic carbocycles. The number of ether oxygens (including phenoxy) is 2. The van der Waals surface area contributed by atoms with Gasteiger partial charge in [0, 0.05) is 17.8 Å². The zero-order valence-electron chi connectivity index (χ0n) is 21.5. The molecule has 0 amide bonds. The van der Waals surface area contributed by atoms with Crippen LogP contribution < -0.4 is 14.8 Å². The van der Waals surface area contributed by atoms with E-state index in [0.29, 0.717) is 33.9 Å². The van der Waals surface area contributed by atoms with Crippen LogP contribution in [0.5, 0.6) is 11.5 Å². The van der Waals surface area contributed by atoms with Crippen LogP contribution in [0.25, 0.3) is 0 Å². The van der Waals surface area contributed by atoms with Crippen molar-refractivity contribution in [2.24, 2.45) is 10.9 Å². The second-order valence-corrected chi connectivity index (χ2v) is 10.3. The van der Waals surface area contributed by atoms with Gasteiger partial charge in [0.15, 0.2) is 11.5 Å². The first-order valence-corrected chi connectivity index (χ1v) is 13.4. The van der Waals surface area contributed by atoms with Gasteiger partial charge in [0.25, 0.3) is 0 Å². The van der Waals surface area contributed by atoms with Crippen molar-refractivity contribution in [3.63, 3.8) is 0 Å². The molecule has 3 atom stereocenters. The first-order valence-electron chi connectivity index (χ1n) is 13.0. The maximum absolute atomic E-state index is 13.5. The summed E-state index contributed by atoms with van der Waals surface area (Å²) in [6.45, 7) is 0.173. The maximum atomic E-state index is 13.5. The first-order chi connectivity index (χ1) is 19.1. The largest absolute Gasteiger partial charge is 0.493 e. The van der Waals surface area contributed by atoms with E-state index in [9.17, 15) is 4.39 Å². The average Bonchev–Trinajstić information content (AvgIpc) is 3.46. The fraction of sp³-hybridized carbons (Fsp3) is 0.182. The normalized spacial score (nSPS) is 19.4. The Labute approximate surface area is 232 Å². The highest BCUT2D eigenvalue weighted by atomic mass is 35.5. The highest BCUT2D eigenvalue weighted by Crippen LogP contribution is 2.49. The van der Waals surface area contributed by atoms with Gasteiger partial charge >= 0.3 is 0 Å². The third kappa shape index (κ3) is 5.27. The van der Waals surface area contributed by atoms with E-state index < -0.39 is 0 Å². The van der Waals surface area contributed by atoms with Gasteiger partial charge in [-0.2, -0.15) is 0 Å². The molecule has 4 aromatic carbocycles. The zero-order chi connectivity index (χ0) is 26.8. The van der Waals surface area contributed by atoms with E-state index in [-0.39, 0.29) is 18.5 Å². The number of nitrogens with zero attached hydrogens (tertiary/aromatic N) is 1. The molecule has 196 valence electrons. The van der Waals surface area contributed by atoms with Gasteiger partial charge in [-0.3, -0.25) is 4.99 Å². The molecule has 0 aromatic heterocycles. The summed E-state index contributed by atoms with van der Waals surface area (Å²) in [6, 6.07) is 27.1. The van der Waals surface area contributed by atoms with Crippen molar-refractivity contribution in [2.45, 2.75) is 25.0 Å². The first kappa shape index (κ1) is 25.2. The highest BCUT2D eigenvalue weighted by Gasteiger charge is 2.37. The molecule has 4 nitrogen and oxygen atoms in total. The molecule has 1 aliphatic heterocycles. The third-order valence-corrected chi connectivity index (χ3v) is 7.69. The Hall–Kier alpha value is -4.09. The quantitative estimate of drug-likeness (QED) is 0.189. The minimum absolute atomic E-state index is 0.173. The number of anilines is 1. The van der Waals surface area contributed by atoms with Crippen molar-refractivity contribution in [1.29, 1.82) is 0 Å². The Morgan fingerprint density at radius 3 is 2.69 bits per heavy atom. The van der Waals surface area contributed by atoms with Gasteiger partial charge in [-0.1, -0.05) is 66.2 Å². The molecule has 6 rings (SSSR count). The Morgan fingerprint density at radius 1 is 1.03 bits per heavy atom. The van der Waals surface area contributed by atoms with Crippen LogP contribution in [0.1, 0.15) is 40.6 Å². The molecule has 0 bridgehead atoms. The van der Waals surface area contributed by atoms with Crippen molar-refractivity contribution < 1.29 is 13.9 Å². The SMILES string of the molecule is COc1cc(C=Nc2ccc([C@@H]3Nc4ccccc4[C@H]4C=CC[C@@H]43)cc2)cc(Cl)c1OCc1cccc(F)c1. The van der Waals surface area contributed by atoms with Crippen LogP contribution in [0.15, 0.2) is 102 Å². The van der Waals surface area contributed by atoms with E-state index in [1.807, 2.05) is 18.2 Å². The van der Waals surface area contributed by atoms with Gasteiger partial charge in [-0.05, 0) is 77.1 Å². The molecule has 0 unspecified atom stereocenters. The molecule has 0 spiro atoms. The second-order valence-electron chi connectivity index (χ2n) is 9.87. The Kier molecular flexibility index (Phi) is 7.08. The van der Waals surface area contributed by atoms with Gasteiger partial charge in [0.2, 0.25) is 0 Å². The molecular formula is C33H28ClFN2O2. The van der Waals surface area contributed by atoms with Crippen molar-refractivity contribution in [3.05, 3.63) is 130 Å². The number of rotatable bonds is 7. The molecule has 0 saturated heterocycles. The van der Waals surface area contributed by atoms with Gasteiger partial charge in [-0.15, -0.1) is 0 Å². The fourth-order valence-corrected chi connectivity index (χ4v) is 5.80. The maximum Gasteiger partial charge on any atom is 0.180 e. The number of fused-ring (bicyclic) bond motifs is 3. The minimum Gasteiger partial charge on any atom is -0.493 e. The summed E-state index contributed by atoms with van der Waals surface area (Å²) in [4.78, 5) is 4.66. The average molecular weight is 539 g/mol. The molecule has 4 aromatic rings. The van der Waals surface area contributed by atoms with Crippen molar-refractivity contribution in [3.8, 4) is 11.5 Å². The third-order valence-electron chi connectivity index (χ3n) is 7.41. The van der Waals surface area contributed by atoms with E-state index >= 15 is 0 Å². The van der Waals surface area contributed by atoms with E-state index in [2.05, 4.69) is 58.9 Å². The van der Waals surface area contributed by atoms with Crippen LogP contribution in [0.2, 0.25) is 5.02 Å². The van der Waals surface area contributed by atoms with Crippen LogP contribution in [-0.2, 0) is 6.61 Å². The monoisotopic (exact) mass is 538 g/mol. The summed E-state index contributed by atoms with van der Waals surface area (Å²) < 4.78 is 24.9. The number of methoxy groups -OCH3 is 1. The summed E-state index contributed by atoms with van der Waals surface area (Å²) in [5, 5.41) is 4.17. The van der Waals surface area contributed by atoms with Crippen molar-refractivity contribution in [2.75, 3.05) is 12.4 Å². The van der Waals surface area contributed by atoms with E-state index in [1.165, 1.54) is 28.9 Å². The summed E-state index contributed by atoms with van der Waals surface area (Å²) in [5.74, 6) is 1.54. The predicted octanol–water partition coefficient (Wildman–Crippen LogP) is 8.64. The summed E-state index contributed by atoms with van der Waals surface area (Å²) in [7, 11) is 1.56. The van der Waals surface area contributed by atoms with Crippen molar-refractivity contribution in [1.82, 2.24) is 0 Å². The lowest BCUT2D eigenvalue weighted by atomic mass is 9.77. The van der Waals surface area contributed by atoms with Crippen LogP contribution in [0.3, 0.4) is 0 Å². The number of nitrogens with one attached hydrogen (secondary N) is 1. The molecule has 1 N–H and O–H groups in total. The van der Waals surface area contributed by atoms with E-state index in [0.717, 1.165) is 17.7 Å². The second kappa shape index (κ2) is 11.0. The number of aliphatic imine (C=N–C) groups is 1. The molecule has 2 aliphatic rings. The fourth-order valence-electron chi connectivity index (χ4n) is 5.53.